The van der Waals surface area contributed by atoms with Gasteiger partial charge in [-0.1, -0.05) is 6.92 Å². The van der Waals surface area contributed by atoms with Crippen molar-refractivity contribution in [1.82, 2.24) is 5.32 Å². The van der Waals surface area contributed by atoms with Crippen LogP contribution in [-0.4, -0.2) is 30.9 Å². The van der Waals surface area contributed by atoms with Gasteiger partial charge in [0, 0.05) is 10.6 Å². The first kappa shape index (κ1) is 15.9. The van der Waals surface area contributed by atoms with Crippen LogP contribution in [0.5, 0.6) is 0 Å². The number of halogens is 2. The van der Waals surface area contributed by atoms with E-state index in [1.165, 1.54) is 7.11 Å². The van der Waals surface area contributed by atoms with E-state index in [9.17, 15) is 13.6 Å². The number of nitrogens with one attached hydrogen (secondary N) is 1. The maximum Gasteiger partial charge on any atom is 0.326 e. The molecule has 0 saturated heterocycles. The van der Waals surface area contributed by atoms with Gasteiger partial charge in [-0.15, -0.1) is 11.8 Å². The largest absolute Gasteiger partial charge is 0.468 e. The molecular weight excluding hydrogens is 272 g/mol. The predicted octanol–water partition coefficient (Wildman–Crippen LogP) is 2.60. The summed E-state index contributed by atoms with van der Waals surface area (Å²) < 4.78 is 31.3. The van der Waals surface area contributed by atoms with E-state index in [0.29, 0.717) is 6.54 Å². The van der Waals surface area contributed by atoms with Crippen molar-refractivity contribution >= 4 is 17.7 Å². The van der Waals surface area contributed by atoms with Crippen molar-refractivity contribution in [2.75, 3.05) is 19.4 Å². The molecule has 1 N–H and O–H groups in total. The van der Waals surface area contributed by atoms with E-state index in [4.69, 9.17) is 4.74 Å². The molecule has 0 bridgehead atoms. The average molecular weight is 289 g/mol. The van der Waals surface area contributed by atoms with Crippen LogP contribution in [0, 0.1) is 11.6 Å². The highest BCUT2D eigenvalue weighted by Gasteiger charge is 2.33. The maximum absolute atomic E-state index is 13.5. The maximum atomic E-state index is 13.5. The van der Waals surface area contributed by atoms with E-state index in [-0.39, 0.29) is 10.6 Å². The number of hydrogen-bond donors (Lipinski definition) is 1. The lowest BCUT2D eigenvalue weighted by atomic mass is 10.1. The van der Waals surface area contributed by atoms with Crippen molar-refractivity contribution < 1.29 is 18.3 Å². The summed E-state index contributed by atoms with van der Waals surface area (Å²) in [6, 6.07) is 3.24. The lowest BCUT2D eigenvalue weighted by molar-refractivity contribution is -0.146. The fraction of sp³-hybridized carbons (Fsp3) is 0.462. The Bertz CT molecular complexity index is 456. The van der Waals surface area contributed by atoms with E-state index in [0.717, 1.165) is 30.0 Å². The van der Waals surface area contributed by atoms with Gasteiger partial charge in [0.2, 0.25) is 0 Å². The fourth-order valence-electron chi connectivity index (χ4n) is 1.61. The van der Waals surface area contributed by atoms with E-state index in [1.807, 2.05) is 6.92 Å². The topological polar surface area (TPSA) is 38.3 Å². The summed E-state index contributed by atoms with van der Waals surface area (Å²) in [5, 5.41) is 3.00. The van der Waals surface area contributed by atoms with Gasteiger partial charge in [0.15, 0.2) is 0 Å². The van der Waals surface area contributed by atoms with E-state index in [2.05, 4.69) is 5.32 Å². The molecule has 6 heteroatoms. The van der Waals surface area contributed by atoms with Crippen LogP contribution >= 0.6 is 11.8 Å². The Morgan fingerprint density at radius 2 is 2.16 bits per heavy atom. The summed E-state index contributed by atoms with van der Waals surface area (Å²) in [5.74, 6) is -1.20. The lowest BCUT2D eigenvalue weighted by Gasteiger charge is -2.27. The van der Waals surface area contributed by atoms with Crippen LogP contribution in [0.4, 0.5) is 8.78 Å². The number of ether oxygens (including phenoxy) is 1. The Balaban J connectivity index is 2.81. The van der Waals surface area contributed by atoms with Gasteiger partial charge in [0.25, 0.3) is 0 Å². The summed E-state index contributed by atoms with van der Waals surface area (Å²) in [4.78, 5) is 11.9. The molecule has 1 unspecified atom stereocenters. The number of rotatable bonds is 6. The van der Waals surface area contributed by atoms with Crippen LogP contribution in [0.3, 0.4) is 0 Å². The van der Waals surface area contributed by atoms with Gasteiger partial charge in [-0.2, -0.15) is 0 Å². The molecule has 0 fully saturated rings. The van der Waals surface area contributed by atoms with Crippen molar-refractivity contribution in [3.63, 3.8) is 0 Å². The van der Waals surface area contributed by atoms with Gasteiger partial charge >= 0.3 is 5.97 Å². The number of likely N-dealkylation sites (N-methyl/N-ethyl adjacent to an activating group) is 1. The van der Waals surface area contributed by atoms with Crippen LogP contribution in [0.2, 0.25) is 0 Å². The zero-order valence-corrected chi connectivity index (χ0v) is 11.9. The molecule has 1 atom stereocenters. The minimum Gasteiger partial charge on any atom is -0.468 e. The number of esters is 1. The lowest BCUT2D eigenvalue weighted by Crippen LogP contribution is -2.52. The molecule has 0 saturated carbocycles. The van der Waals surface area contributed by atoms with Gasteiger partial charge in [-0.3, -0.25) is 4.79 Å². The van der Waals surface area contributed by atoms with Gasteiger partial charge in [0.1, 0.15) is 17.2 Å². The third kappa shape index (κ3) is 4.18. The first-order chi connectivity index (χ1) is 8.92. The van der Waals surface area contributed by atoms with Crippen molar-refractivity contribution in [2.24, 2.45) is 0 Å². The Morgan fingerprint density at radius 3 is 2.74 bits per heavy atom. The normalized spacial score (nSPS) is 13.9. The fourth-order valence-corrected chi connectivity index (χ4v) is 2.67. The Labute approximate surface area is 115 Å². The zero-order valence-electron chi connectivity index (χ0n) is 11.1. The van der Waals surface area contributed by atoms with Gasteiger partial charge in [-0.05, 0) is 31.7 Å². The standard InChI is InChI=1S/C13H17F2NO2S/c1-4-16-13(2,12(17)18-3)8-19-11-7-9(14)5-6-10(11)15/h5-7,16H,4,8H2,1-3H3. The van der Waals surface area contributed by atoms with E-state index >= 15 is 0 Å². The molecule has 1 aromatic carbocycles. The van der Waals surface area contributed by atoms with Crippen LogP contribution in [0.15, 0.2) is 23.1 Å². The second kappa shape index (κ2) is 6.86. The van der Waals surface area contributed by atoms with Crippen molar-refractivity contribution in [3.8, 4) is 0 Å². The molecule has 1 aromatic rings. The highest BCUT2D eigenvalue weighted by molar-refractivity contribution is 7.99. The molecule has 19 heavy (non-hydrogen) atoms. The molecule has 0 spiro atoms. The van der Waals surface area contributed by atoms with Crippen LogP contribution in [0.25, 0.3) is 0 Å². The first-order valence-corrected chi connectivity index (χ1v) is 6.83. The Hall–Kier alpha value is -1.14. The molecule has 106 valence electrons. The third-order valence-corrected chi connectivity index (χ3v) is 3.96. The zero-order chi connectivity index (χ0) is 14.5. The highest BCUT2D eigenvalue weighted by atomic mass is 32.2. The number of carbonyl (C=O) groups is 1. The highest BCUT2D eigenvalue weighted by Crippen LogP contribution is 2.26. The number of methoxy groups -OCH3 is 1. The smallest absolute Gasteiger partial charge is 0.326 e. The van der Waals surface area contributed by atoms with Crippen molar-refractivity contribution in [2.45, 2.75) is 24.3 Å². The molecule has 0 amide bonds. The molecule has 0 aliphatic rings. The third-order valence-electron chi connectivity index (χ3n) is 2.61. The minimum absolute atomic E-state index is 0.174. The number of thioether (sulfide) groups is 1. The van der Waals surface area contributed by atoms with Crippen molar-refractivity contribution in [1.29, 1.82) is 0 Å². The summed E-state index contributed by atoms with van der Waals surface area (Å²) >= 11 is 1.07. The molecule has 1 rings (SSSR count). The second-order valence-electron chi connectivity index (χ2n) is 4.22. The number of carbonyl (C=O) groups excluding carboxylic acids is 1. The molecule has 0 radical (unpaired) electrons. The molecule has 0 aliphatic heterocycles. The molecular formula is C13H17F2NO2S. The SMILES string of the molecule is CCNC(C)(CSc1cc(F)ccc1F)C(=O)OC. The van der Waals surface area contributed by atoms with Crippen LogP contribution in [0.1, 0.15) is 13.8 Å². The Morgan fingerprint density at radius 1 is 1.47 bits per heavy atom. The van der Waals surface area contributed by atoms with Gasteiger partial charge < -0.3 is 10.1 Å². The molecule has 0 aromatic heterocycles. The summed E-state index contributed by atoms with van der Waals surface area (Å²) in [6.07, 6.45) is 0. The Kier molecular flexibility index (Phi) is 5.75. The monoisotopic (exact) mass is 289 g/mol. The molecule has 0 heterocycles. The van der Waals surface area contributed by atoms with E-state index < -0.39 is 23.1 Å². The van der Waals surface area contributed by atoms with Crippen molar-refractivity contribution in [3.05, 3.63) is 29.8 Å². The first-order valence-electron chi connectivity index (χ1n) is 5.84. The summed E-state index contributed by atoms with van der Waals surface area (Å²) in [5.41, 5.74) is -0.938. The van der Waals surface area contributed by atoms with Gasteiger partial charge in [-0.25, -0.2) is 8.78 Å². The quantitative estimate of drug-likeness (QED) is 0.645. The van der Waals surface area contributed by atoms with Crippen LogP contribution in [-0.2, 0) is 9.53 Å². The second-order valence-corrected chi connectivity index (χ2v) is 5.23. The minimum atomic E-state index is -0.938. The molecule has 3 nitrogen and oxygen atoms in total. The average Bonchev–Trinajstić information content (AvgIpc) is 2.39. The summed E-state index contributed by atoms with van der Waals surface area (Å²) in [7, 11) is 1.30. The van der Waals surface area contributed by atoms with Crippen LogP contribution < -0.4 is 5.32 Å². The number of hydrogen-bond acceptors (Lipinski definition) is 4. The van der Waals surface area contributed by atoms with E-state index in [1.54, 1.807) is 6.92 Å². The van der Waals surface area contributed by atoms with Gasteiger partial charge in [0.05, 0.1) is 7.11 Å². The number of benzene rings is 1. The summed E-state index contributed by atoms with van der Waals surface area (Å²) in [6.45, 7) is 4.10. The molecule has 0 aliphatic carbocycles. The predicted molar refractivity (Wildman–Crippen MR) is 71.2 cm³/mol.